The first-order valence-electron chi connectivity index (χ1n) is 8.18. The molecular weight excluding hydrogens is 388 g/mol. The fraction of sp³-hybridized carbons (Fsp3) is 0.278. The van der Waals surface area contributed by atoms with E-state index in [1.54, 1.807) is 30.3 Å². The minimum absolute atomic E-state index is 0. The van der Waals surface area contributed by atoms with Crippen LogP contribution in [0.4, 0.5) is 17.1 Å². The van der Waals surface area contributed by atoms with Crippen LogP contribution in [0.1, 0.15) is 12.5 Å². The molecule has 4 N–H and O–H groups in total. The zero-order valence-electron chi connectivity index (χ0n) is 15.5. The molecular formula is C18H25ClN4O3S. The number of nitrogens with one attached hydrogen (secondary N) is 2. The molecule has 2 aromatic carbocycles. The van der Waals surface area contributed by atoms with Gasteiger partial charge in [-0.05, 0) is 42.8 Å². The van der Waals surface area contributed by atoms with E-state index in [9.17, 15) is 13.2 Å². The molecule has 148 valence electrons. The van der Waals surface area contributed by atoms with Crippen LogP contribution in [0.25, 0.3) is 0 Å². The molecule has 0 heterocycles. The molecule has 7 nitrogen and oxygen atoms in total. The van der Waals surface area contributed by atoms with E-state index in [1.165, 1.54) is 26.2 Å². The predicted molar refractivity (Wildman–Crippen MR) is 112 cm³/mol. The molecule has 0 radical (unpaired) electrons. The molecule has 0 saturated carbocycles. The van der Waals surface area contributed by atoms with Crippen molar-refractivity contribution in [2.24, 2.45) is 0 Å². The quantitative estimate of drug-likeness (QED) is 0.606. The van der Waals surface area contributed by atoms with Crippen LogP contribution >= 0.6 is 12.4 Å². The van der Waals surface area contributed by atoms with Gasteiger partial charge < -0.3 is 16.4 Å². The highest BCUT2D eigenvalue weighted by atomic mass is 35.5. The third-order valence-electron chi connectivity index (χ3n) is 3.76. The molecule has 0 atom stereocenters. The van der Waals surface area contributed by atoms with Crippen LogP contribution in [-0.4, -0.2) is 39.3 Å². The fourth-order valence-corrected chi connectivity index (χ4v) is 3.29. The normalized spacial score (nSPS) is 11.0. The summed E-state index contributed by atoms with van der Waals surface area (Å²) in [5.74, 6) is -0.242. The van der Waals surface area contributed by atoms with E-state index in [1.807, 2.05) is 6.92 Å². The summed E-state index contributed by atoms with van der Waals surface area (Å²) >= 11 is 0. The molecule has 2 rings (SSSR count). The highest BCUT2D eigenvalue weighted by Gasteiger charge is 2.19. The molecule has 0 aromatic heterocycles. The lowest BCUT2D eigenvalue weighted by molar-refractivity contribution is -0.115. The second kappa shape index (κ2) is 9.59. The first-order chi connectivity index (χ1) is 12.2. The summed E-state index contributed by atoms with van der Waals surface area (Å²) in [6.45, 7) is 2.56. The molecule has 1 amide bonds. The molecule has 0 bridgehead atoms. The Hall–Kier alpha value is -2.29. The number of benzene rings is 2. The lowest BCUT2D eigenvalue weighted by atomic mass is 10.1. The van der Waals surface area contributed by atoms with Crippen molar-refractivity contribution in [3.05, 3.63) is 48.0 Å². The maximum absolute atomic E-state index is 12.4. The fourth-order valence-electron chi connectivity index (χ4n) is 2.36. The van der Waals surface area contributed by atoms with Gasteiger partial charge in [-0.2, -0.15) is 0 Å². The second-order valence-electron chi connectivity index (χ2n) is 5.99. The molecule has 0 aliphatic rings. The van der Waals surface area contributed by atoms with Gasteiger partial charge in [0.25, 0.3) is 0 Å². The zero-order chi connectivity index (χ0) is 19.3. The highest BCUT2D eigenvalue weighted by Crippen LogP contribution is 2.27. The topological polar surface area (TPSA) is 105 Å². The van der Waals surface area contributed by atoms with Gasteiger partial charge in [0, 0.05) is 26.3 Å². The van der Waals surface area contributed by atoms with Crippen molar-refractivity contribution in [2.45, 2.75) is 18.2 Å². The summed E-state index contributed by atoms with van der Waals surface area (Å²) in [5, 5.41) is 5.92. The SMILES string of the molecule is CCNc1ccc(S(=O)(=O)N(C)C)cc1NC(=O)Cc1ccc(N)cc1.Cl. The minimum atomic E-state index is -3.59. The van der Waals surface area contributed by atoms with E-state index >= 15 is 0 Å². The number of nitrogens with two attached hydrogens (primary N) is 1. The van der Waals surface area contributed by atoms with Crippen LogP contribution in [0.5, 0.6) is 0 Å². The van der Waals surface area contributed by atoms with Crippen molar-refractivity contribution >= 4 is 45.4 Å². The first kappa shape index (κ1) is 22.8. The number of halogens is 1. The number of hydrogen-bond donors (Lipinski definition) is 3. The van der Waals surface area contributed by atoms with Gasteiger partial charge in [-0.3, -0.25) is 4.79 Å². The molecule has 0 fully saturated rings. The van der Waals surface area contributed by atoms with Gasteiger partial charge in [-0.1, -0.05) is 12.1 Å². The first-order valence-corrected chi connectivity index (χ1v) is 9.62. The van der Waals surface area contributed by atoms with Gasteiger partial charge in [0.2, 0.25) is 15.9 Å². The lowest BCUT2D eigenvalue weighted by Crippen LogP contribution is -2.23. The predicted octanol–water partition coefficient (Wildman–Crippen LogP) is 2.55. The Balaban J connectivity index is 0.00000364. The van der Waals surface area contributed by atoms with Crippen molar-refractivity contribution in [2.75, 3.05) is 37.0 Å². The maximum atomic E-state index is 12.4. The molecule has 0 aliphatic carbocycles. The Kier molecular flexibility index (Phi) is 8.08. The molecule has 27 heavy (non-hydrogen) atoms. The van der Waals surface area contributed by atoms with E-state index in [2.05, 4.69) is 10.6 Å². The summed E-state index contributed by atoms with van der Waals surface area (Å²) in [5.41, 5.74) is 8.18. The van der Waals surface area contributed by atoms with Gasteiger partial charge in [0.05, 0.1) is 22.7 Å². The van der Waals surface area contributed by atoms with Gasteiger partial charge in [0.15, 0.2) is 0 Å². The molecule has 2 aromatic rings. The number of rotatable bonds is 7. The molecule has 0 aliphatic heterocycles. The van der Waals surface area contributed by atoms with Gasteiger partial charge >= 0.3 is 0 Å². The number of carbonyl (C=O) groups excluding carboxylic acids is 1. The van der Waals surface area contributed by atoms with E-state index in [-0.39, 0.29) is 29.6 Å². The Labute approximate surface area is 166 Å². The smallest absolute Gasteiger partial charge is 0.242 e. The van der Waals surface area contributed by atoms with E-state index < -0.39 is 10.0 Å². The largest absolute Gasteiger partial charge is 0.399 e. The van der Waals surface area contributed by atoms with Gasteiger partial charge in [-0.25, -0.2) is 12.7 Å². The highest BCUT2D eigenvalue weighted by molar-refractivity contribution is 7.89. The zero-order valence-corrected chi connectivity index (χ0v) is 17.2. The van der Waals surface area contributed by atoms with Crippen LogP contribution in [0.3, 0.4) is 0 Å². The minimum Gasteiger partial charge on any atom is -0.399 e. The number of nitrogen functional groups attached to an aromatic ring is 1. The van der Waals surface area contributed by atoms with Crippen molar-refractivity contribution in [3.63, 3.8) is 0 Å². The van der Waals surface area contributed by atoms with Crippen molar-refractivity contribution in [1.29, 1.82) is 0 Å². The van der Waals surface area contributed by atoms with Crippen LogP contribution < -0.4 is 16.4 Å². The summed E-state index contributed by atoms with van der Waals surface area (Å²) < 4.78 is 25.8. The number of anilines is 3. The monoisotopic (exact) mass is 412 g/mol. The summed E-state index contributed by atoms with van der Waals surface area (Å²) in [4.78, 5) is 12.5. The average molecular weight is 413 g/mol. The van der Waals surface area contributed by atoms with Gasteiger partial charge in [-0.15, -0.1) is 12.4 Å². The van der Waals surface area contributed by atoms with Crippen LogP contribution in [0, 0.1) is 0 Å². The van der Waals surface area contributed by atoms with Gasteiger partial charge in [0.1, 0.15) is 0 Å². The third-order valence-corrected chi connectivity index (χ3v) is 5.57. The van der Waals surface area contributed by atoms with E-state index in [4.69, 9.17) is 5.73 Å². The molecule has 0 spiro atoms. The Morgan fingerprint density at radius 2 is 1.70 bits per heavy atom. The number of sulfonamides is 1. The summed E-state index contributed by atoms with van der Waals surface area (Å²) in [6.07, 6.45) is 0.163. The van der Waals surface area contributed by atoms with Crippen molar-refractivity contribution in [1.82, 2.24) is 4.31 Å². The standard InChI is InChI=1S/C18H24N4O3S.ClH/c1-4-20-16-10-9-15(26(24,25)22(2)3)12-17(16)21-18(23)11-13-5-7-14(19)8-6-13;/h5-10,12,20H,4,11,19H2,1-3H3,(H,21,23);1H. The van der Waals surface area contributed by atoms with E-state index in [0.717, 1.165) is 9.87 Å². The van der Waals surface area contributed by atoms with Crippen LogP contribution in [-0.2, 0) is 21.2 Å². The van der Waals surface area contributed by atoms with E-state index in [0.29, 0.717) is 23.6 Å². The van der Waals surface area contributed by atoms with Crippen LogP contribution in [0.15, 0.2) is 47.4 Å². The lowest BCUT2D eigenvalue weighted by Gasteiger charge is -2.16. The average Bonchev–Trinajstić information content (AvgIpc) is 2.58. The van der Waals surface area contributed by atoms with Crippen molar-refractivity contribution < 1.29 is 13.2 Å². The maximum Gasteiger partial charge on any atom is 0.242 e. The van der Waals surface area contributed by atoms with Crippen molar-refractivity contribution in [3.8, 4) is 0 Å². The molecule has 9 heteroatoms. The second-order valence-corrected chi connectivity index (χ2v) is 8.14. The molecule has 0 saturated heterocycles. The molecule has 0 unspecified atom stereocenters. The Morgan fingerprint density at radius 1 is 1.07 bits per heavy atom. The number of hydrogen-bond acceptors (Lipinski definition) is 5. The Bertz CT molecular complexity index is 884. The number of amides is 1. The van der Waals surface area contributed by atoms with Crippen LogP contribution in [0.2, 0.25) is 0 Å². The summed E-state index contributed by atoms with van der Waals surface area (Å²) in [7, 11) is -0.660. The summed E-state index contributed by atoms with van der Waals surface area (Å²) in [6, 6.07) is 11.7. The third kappa shape index (κ3) is 5.85. The number of nitrogens with zero attached hydrogens (tertiary/aromatic N) is 1. The Morgan fingerprint density at radius 3 is 2.26 bits per heavy atom. The number of carbonyl (C=O) groups is 1.